The van der Waals surface area contributed by atoms with Crippen LogP contribution in [0.25, 0.3) is 0 Å². The van der Waals surface area contributed by atoms with Gasteiger partial charge in [-0.25, -0.2) is 9.37 Å². The van der Waals surface area contributed by atoms with Crippen molar-refractivity contribution in [1.29, 1.82) is 0 Å². The molecule has 1 heterocycles. The first-order valence-corrected chi connectivity index (χ1v) is 7.33. The highest BCUT2D eigenvalue weighted by atomic mass is 19.1. The summed E-state index contributed by atoms with van der Waals surface area (Å²) >= 11 is 0. The molecule has 1 aliphatic rings. The second-order valence-electron chi connectivity index (χ2n) is 5.32. The van der Waals surface area contributed by atoms with Gasteiger partial charge >= 0.3 is 0 Å². The molecule has 2 rings (SSSR count). The summed E-state index contributed by atoms with van der Waals surface area (Å²) in [7, 11) is 1.58. The molecule has 2 N–H and O–H groups in total. The SMILES string of the molecule is CNc1nccc(C(=O)NCCCC2CCCC2)c1F. The molecule has 1 aliphatic carbocycles. The molecule has 110 valence electrons. The quantitative estimate of drug-likeness (QED) is 0.787. The number of nitrogens with one attached hydrogen (secondary N) is 2. The monoisotopic (exact) mass is 279 g/mol. The first-order chi connectivity index (χ1) is 9.72. The highest BCUT2D eigenvalue weighted by Crippen LogP contribution is 2.28. The summed E-state index contributed by atoms with van der Waals surface area (Å²) < 4.78 is 13.9. The molecule has 20 heavy (non-hydrogen) atoms. The van der Waals surface area contributed by atoms with Gasteiger partial charge in [0.25, 0.3) is 5.91 Å². The second kappa shape index (κ2) is 7.22. The summed E-state index contributed by atoms with van der Waals surface area (Å²) in [6.45, 7) is 0.603. The Balaban J connectivity index is 1.79. The molecule has 1 amide bonds. The van der Waals surface area contributed by atoms with Crippen molar-refractivity contribution in [2.24, 2.45) is 5.92 Å². The van der Waals surface area contributed by atoms with Crippen molar-refractivity contribution in [3.8, 4) is 0 Å². The van der Waals surface area contributed by atoms with Crippen LogP contribution >= 0.6 is 0 Å². The fraction of sp³-hybridized carbons (Fsp3) is 0.600. The molecule has 1 saturated carbocycles. The number of carbonyl (C=O) groups excluding carboxylic acids is 1. The van der Waals surface area contributed by atoms with Crippen molar-refractivity contribution in [1.82, 2.24) is 10.3 Å². The molecule has 0 radical (unpaired) electrons. The number of hydrogen-bond acceptors (Lipinski definition) is 3. The van der Waals surface area contributed by atoms with Crippen molar-refractivity contribution in [3.05, 3.63) is 23.6 Å². The van der Waals surface area contributed by atoms with Gasteiger partial charge in [-0.1, -0.05) is 25.7 Å². The summed E-state index contributed by atoms with van der Waals surface area (Å²) in [5.41, 5.74) is 0.0465. The van der Waals surface area contributed by atoms with Crippen LogP contribution in [-0.2, 0) is 0 Å². The van der Waals surface area contributed by atoms with Crippen LogP contribution in [0.15, 0.2) is 12.3 Å². The van der Waals surface area contributed by atoms with E-state index >= 15 is 0 Å². The molecule has 1 fully saturated rings. The Bertz CT molecular complexity index is 458. The van der Waals surface area contributed by atoms with Crippen molar-refractivity contribution >= 4 is 11.7 Å². The zero-order valence-electron chi connectivity index (χ0n) is 11.9. The molecule has 0 bridgehead atoms. The minimum absolute atomic E-state index is 0.0465. The third kappa shape index (κ3) is 3.68. The van der Waals surface area contributed by atoms with E-state index in [0.29, 0.717) is 6.54 Å². The molecule has 1 aromatic heterocycles. The van der Waals surface area contributed by atoms with Gasteiger partial charge in [0.05, 0.1) is 5.56 Å². The van der Waals surface area contributed by atoms with Crippen molar-refractivity contribution < 1.29 is 9.18 Å². The topological polar surface area (TPSA) is 54.0 Å². The van der Waals surface area contributed by atoms with E-state index in [1.54, 1.807) is 7.05 Å². The zero-order valence-corrected chi connectivity index (χ0v) is 11.9. The fourth-order valence-electron chi connectivity index (χ4n) is 2.78. The van der Waals surface area contributed by atoms with Gasteiger partial charge in [0.2, 0.25) is 0 Å². The summed E-state index contributed by atoms with van der Waals surface area (Å²) in [4.78, 5) is 15.7. The Morgan fingerprint density at radius 2 is 2.20 bits per heavy atom. The van der Waals surface area contributed by atoms with Crippen LogP contribution in [0.5, 0.6) is 0 Å². The van der Waals surface area contributed by atoms with Crippen molar-refractivity contribution in [2.75, 3.05) is 18.9 Å². The summed E-state index contributed by atoms with van der Waals surface area (Å²) in [6.07, 6.45) is 8.86. The molecular formula is C15H22FN3O. The van der Waals surface area contributed by atoms with Crippen molar-refractivity contribution in [3.63, 3.8) is 0 Å². The van der Waals surface area contributed by atoms with Crippen molar-refractivity contribution in [2.45, 2.75) is 38.5 Å². The first kappa shape index (κ1) is 14.8. The lowest BCUT2D eigenvalue weighted by molar-refractivity contribution is 0.0948. The summed E-state index contributed by atoms with van der Waals surface area (Å²) in [5, 5.41) is 5.41. The van der Waals surface area contributed by atoms with E-state index < -0.39 is 5.82 Å². The van der Waals surface area contributed by atoms with Gasteiger partial charge in [-0.15, -0.1) is 0 Å². The number of rotatable bonds is 6. The Labute approximate surface area is 119 Å². The van der Waals surface area contributed by atoms with E-state index in [-0.39, 0.29) is 17.3 Å². The molecule has 0 spiro atoms. The average Bonchev–Trinajstić information content (AvgIpc) is 2.97. The van der Waals surface area contributed by atoms with Gasteiger partial charge in [0.15, 0.2) is 11.6 Å². The zero-order chi connectivity index (χ0) is 14.4. The molecular weight excluding hydrogens is 257 g/mol. The number of aromatic nitrogens is 1. The van der Waals surface area contributed by atoms with Gasteiger partial charge < -0.3 is 10.6 Å². The predicted molar refractivity (Wildman–Crippen MR) is 77.3 cm³/mol. The van der Waals surface area contributed by atoms with Gasteiger partial charge in [-0.2, -0.15) is 0 Å². The third-order valence-electron chi connectivity index (χ3n) is 3.92. The lowest BCUT2D eigenvalue weighted by atomic mass is 10.0. The maximum atomic E-state index is 13.9. The average molecular weight is 279 g/mol. The summed E-state index contributed by atoms with van der Waals surface area (Å²) in [5.74, 6) is -0.0415. The number of carbonyl (C=O) groups is 1. The Morgan fingerprint density at radius 3 is 2.90 bits per heavy atom. The normalized spacial score (nSPS) is 15.3. The van der Waals surface area contributed by atoms with E-state index in [0.717, 1.165) is 18.8 Å². The molecule has 0 saturated heterocycles. The van der Waals surface area contributed by atoms with E-state index in [2.05, 4.69) is 15.6 Å². The highest BCUT2D eigenvalue weighted by molar-refractivity contribution is 5.95. The van der Waals surface area contributed by atoms with Gasteiger partial charge in [0.1, 0.15) is 0 Å². The van der Waals surface area contributed by atoms with Gasteiger partial charge in [-0.05, 0) is 24.8 Å². The molecule has 0 aromatic carbocycles. The van der Waals surface area contributed by atoms with Crippen LogP contribution in [-0.4, -0.2) is 24.5 Å². The predicted octanol–water partition coefficient (Wildman–Crippen LogP) is 2.96. The number of amides is 1. The number of pyridine rings is 1. The van der Waals surface area contributed by atoms with Crippen LogP contribution in [0.2, 0.25) is 0 Å². The smallest absolute Gasteiger partial charge is 0.254 e. The molecule has 0 atom stereocenters. The minimum Gasteiger partial charge on any atom is -0.371 e. The highest BCUT2D eigenvalue weighted by Gasteiger charge is 2.16. The van der Waals surface area contributed by atoms with Gasteiger partial charge in [0, 0.05) is 19.8 Å². The first-order valence-electron chi connectivity index (χ1n) is 7.33. The Hall–Kier alpha value is -1.65. The molecule has 1 aromatic rings. The lowest BCUT2D eigenvalue weighted by Crippen LogP contribution is -2.26. The molecule has 4 nitrogen and oxygen atoms in total. The molecule has 5 heteroatoms. The van der Waals surface area contributed by atoms with Gasteiger partial charge in [-0.3, -0.25) is 4.79 Å². The fourth-order valence-corrected chi connectivity index (χ4v) is 2.78. The second-order valence-corrected chi connectivity index (χ2v) is 5.32. The van der Waals surface area contributed by atoms with Crippen LogP contribution in [0.4, 0.5) is 10.2 Å². The van der Waals surface area contributed by atoms with E-state index in [4.69, 9.17) is 0 Å². The summed E-state index contributed by atoms with van der Waals surface area (Å²) in [6, 6.07) is 1.41. The number of hydrogen-bond donors (Lipinski definition) is 2. The minimum atomic E-state index is -0.594. The lowest BCUT2D eigenvalue weighted by Gasteiger charge is -2.10. The standard InChI is InChI=1S/C15H22FN3O/c1-17-14-13(16)12(8-10-18-14)15(20)19-9-4-7-11-5-2-3-6-11/h8,10-11H,2-7,9H2,1H3,(H,17,18)(H,19,20). The Morgan fingerprint density at radius 1 is 1.45 bits per heavy atom. The van der Waals surface area contributed by atoms with Crippen LogP contribution in [0, 0.1) is 11.7 Å². The maximum absolute atomic E-state index is 13.9. The molecule has 0 unspecified atom stereocenters. The molecule has 0 aliphatic heterocycles. The number of halogens is 1. The van der Waals surface area contributed by atoms with E-state index in [1.807, 2.05) is 0 Å². The van der Waals surface area contributed by atoms with E-state index in [1.165, 1.54) is 37.9 Å². The third-order valence-corrected chi connectivity index (χ3v) is 3.92. The maximum Gasteiger partial charge on any atom is 0.254 e. The Kier molecular flexibility index (Phi) is 5.32. The van der Waals surface area contributed by atoms with Crippen LogP contribution < -0.4 is 10.6 Å². The number of nitrogens with zero attached hydrogens (tertiary/aromatic N) is 1. The number of anilines is 1. The van der Waals surface area contributed by atoms with Crippen LogP contribution in [0.1, 0.15) is 48.9 Å². The van der Waals surface area contributed by atoms with E-state index in [9.17, 15) is 9.18 Å². The van der Waals surface area contributed by atoms with Crippen LogP contribution in [0.3, 0.4) is 0 Å². The largest absolute Gasteiger partial charge is 0.371 e.